The summed E-state index contributed by atoms with van der Waals surface area (Å²) in [5.41, 5.74) is 4.73. The van der Waals surface area contributed by atoms with E-state index in [1.165, 1.54) is 4.88 Å². The van der Waals surface area contributed by atoms with E-state index in [4.69, 9.17) is 18.0 Å². The zero-order valence-corrected chi connectivity index (χ0v) is 12.7. The molecule has 0 saturated heterocycles. The lowest BCUT2D eigenvalue weighted by molar-refractivity contribution is -0.126. The molecule has 1 aromatic heterocycles. The zero-order chi connectivity index (χ0) is 13.9. The Labute approximate surface area is 117 Å². The van der Waals surface area contributed by atoms with Gasteiger partial charge in [-0.25, -0.2) is 4.98 Å². The minimum absolute atomic E-state index is 0.128. The van der Waals surface area contributed by atoms with E-state index in [9.17, 15) is 4.79 Å². The van der Waals surface area contributed by atoms with Crippen LogP contribution in [0.5, 0.6) is 0 Å². The van der Waals surface area contributed by atoms with Crippen LogP contribution in [0, 0.1) is 5.41 Å². The number of carbonyl (C=O) groups excluding carboxylic acids is 1. The van der Waals surface area contributed by atoms with Crippen LogP contribution in [0.25, 0.3) is 0 Å². The molecule has 100 valence electrons. The fourth-order valence-electron chi connectivity index (χ4n) is 1.24. The summed E-state index contributed by atoms with van der Waals surface area (Å²) in [5.74, 6) is -0.171. The Hall–Kier alpha value is -1.01. The van der Waals surface area contributed by atoms with Crippen molar-refractivity contribution in [3.05, 3.63) is 16.1 Å². The van der Waals surface area contributed by atoms with Gasteiger partial charge >= 0.3 is 0 Å². The van der Waals surface area contributed by atoms with E-state index < -0.39 is 5.41 Å². The number of hydrogen-bond donors (Lipinski definition) is 2. The maximum atomic E-state index is 12.1. The van der Waals surface area contributed by atoms with Gasteiger partial charge < -0.3 is 11.1 Å². The van der Waals surface area contributed by atoms with E-state index in [0.717, 1.165) is 11.4 Å². The van der Waals surface area contributed by atoms with E-state index in [-0.39, 0.29) is 16.9 Å². The lowest BCUT2D eigenvalue weighted by Crippen LogP contribution is -2.45. The van der Waals surface area contributed by atoms with Gasteiger partial charge in [0.25, 0.3) is 0 Å². The van der Waals surface area contributed by atoms with Crippen LogP contribution in [0.15, 0.2) is 6.20 Å². The molecular formula is C12H19N3OS2. The van der Waals surface area contributed by atoms with Crippen LogP contribution in [0.4, 0.5) is 0 Å². The number of hydrogen-bond acceptors (Lipinski definition) is 4. The van der Waals surface area contributed by atoms with E-state index >= 15 is 0 Å². The molecule has 0 fully saturated rings. The second-order valence-corrected chi connectivity index (χ2v) is 6.29. The maximum absolute atomic E-state index is 12.1. The van der Waals surface area contributed by atoms with E-state index in [1.807, 2.05) is 13.1 Å². The van der Waals surface area contributed by atoms with E-state index in [2.05, 4.69) is 17.2 Å². The first-order valence-corrected chi connectivity index (χ1v) is 7.07. The van der Waals surface area contributed by atoms with Crippen molar-refractivity contribution in [2.75, 3.05) is 0 Å². The molecule has 0 bridgehead atoms. The maximum Gasteiger partial charge on any atom is 0.233 e. The molecule has 3 N–H and O–H groups in total. The zero-order valence-electron chi connectivity index (χ0n) is 11.1. The number of thiazole rings is 1. The summed E-state index contributed by atoms with van der Waals surface area (Å²) in [6, 6.07) is -0.128. The summed E-state index contributed by atoms with van der Waals surface area (Å²) in [6.45, 7) is 7.43. The minimum Gasteiger partial charge on any atom is -0.392 e. The molecule has 4 nitrogen and oxygen atoms in total. The van der Waals surface area contributed by atoms with E-state index in [1.54, 1.807) is 25.2 Å². The summed E-state index contributed by atoms with van der Waals surface area (Å²) in [7, 11) is 0. The first kappa shape index (κ1) is 15.0. The molecule has 1 heterocycles. The molecule has 1 amide bonds. The molecule has 0 aliphatic carbocycles. The van der Waals surface area contributed by atoms with Gasteiger partial charge in [-0.3, -0.25) is 4.79 Å². The third kappa shape index (κ3) is 3.26. The Balaban J connectivity index is 2.73. The normalized spacial score (nSPS) is 13.1. The summed E-state index contributed by atoms with van der Waals surface area (Å²) in [4.78, 5) is 17.8. The molecule has 0 saturated carbocycles. The van der Waals surface area contributed by atoms with Crippen LogP contribution in [0.1, 0.15) is 43.6 Å². The molecule has 1 rings (SSSR count). The fourth-order valence-corrected chi connectivity index (χ4v) is 2.19. The number of thiocarbonyl (C=S) groups is 1. The summed E-state index contributed by atoms with van der Waals surface area (Å²) < 4.78 is 0. The van der Waals surface area contributed by atoms with Crippen molar-refractivity contribution in [3.63, 3.8) is 0 Å². The fraction of sp³-hybridized carbons (Fsp3) is 0.583. The summed E-state index contributed by atoms with van der Waals surface area (Å²) in [6.07, 6.45) is 2.80. The molecule has 1 atom stereocenters. The van der Waals surface area contributed by atoms with Crippen molar-refractivity contribution in [3.8, 4) is 0 Å². The first-order valence-electron chi connectivity index (χ1n) is 5.84. The first-order chi connectivity index (χ1) is 8.28. The molecule has 0 spiro atoms. The lowest BCUT2D eigenvalue weighted by atomic mass is 9.92. The number of nitrogens with one attached hydrogen (secondary N) is 1. The van der Waals surface area contributed by atoms with E-state index in [0.29, 0.717) is 0 Å². The van der Waals surface area contributed by atoms with Gasteiger partial charge in [0.05, 0.1) is 16.4 Å². The molecule has 1 aromatic rings. The average Bonchev–Trinajstić information content (AvgIpc) is 2.77. The van der Waals surface area contributed by atoms with Crippen LogP contribution >= 0.6 is 23.6 Å². The van der Waals surface area contributed by atoms with Gasteiger partial charge in [0.1, 0.15) is 5.01 Å². The predicted molar refractivity (Wildman–Crippen MR) is 78.6 cm³/mol. The van der Waals surface area contributed by atoms with Crippen LogP contribution < -0.4 is 11.1 Å². The van der Waals surface area contributed by atoms with Crippen LogP contribution in [-0.2, 0) is 11.2 Å². The molecule has 18 heavy (non-hydrogen) atoms. The SMILES string of the molecule is CCc1cnc(C(C)NC(=O)C(C)(C)C(N)=S)s1. The number of aromatic nitrogens is 1. The highest BCUT2D eigenvalue weighted by atomic mass is 32.1. The van der Waals surface area contributed by atoms with Gasteiger partial charge in [-0.05, 0) is 27.2 Å². The van der Waals surface area contributed by atoms with Crippen molar-refractivity contribution >= 4 is 34.5 Å². The lowest BCUT2D eigenvalue weighted by Gasteiger charge is -2.24. The second-order valence-electron chi connectivity index (χ2n) is 4.70. The molecular weight excluding hydrogens is 266 g/mol. The Morgan fingerprint density at radius 1 is 1.67 bits per heavy atom. The standard InChI is InChI=1S/C12H19N3OS2/c1-5-8-6-14-9(18-8)7(2)15-11(16)12(3,4)10(13)17/h6-7H,5H2,1-4H3,(H2,13,17)(H,15,16). The number of nitrogens with zero attached hydrogens (tertiary/aromatic N) is 1. The van der Waals surface area contributed by atoms with Crippen molar-refractivity contribution in [1.82, 2.24) is 10.3 Å². The molecule has 0 aliphatic rings. The van der Waals surface area contributed by atoms with Gasteiger partial charge in [-0.15, -0.1) is 11.3 Å². The van der Waals surface area contributed by atoms with Crippen LogP contribution in [-0.4, -0.2) is 15.9 Å². The van der Waals surface area contributed by atoms with Crippen molar-refractivity contribution in [2.24, 2.45) is 11.1 Å². The largest absolute Gasteiger partial charge is 0.392 e. The summed E-state index contributed by atoms with van der Waals surface area (Å²) >= 11 is 6.52. The highest BCUT2D eigenvalue weighted by Crippen LogP contribution is 2.22. The average molecular weight is 285 g/mol. The Bertz CT molecular complexity index is 454. The molecule has 6 heteroatoms. The minimum atomic E-state index is -0.839. The van der Waals surface area contributed by atoms with Gasteiger partial charge in [-0.2, -0.15) is 0 Å². The Kier molecular flexibility index (Phi) is 4.81. The van der Waals surface area contributed by atoms with Gasteiger partial charge in [-0.1, -0.05) is 19.1 Å². The second kappa shape index (κ2) is 5.75. The topological polar surface area (TPSA) is 68.0 Å². The van der Waals surface area contributed by atoms with Crippen molar-refractivity contribution in [2.45, 2.75) is 40.2 Å². The third-order valence-corrected chi connectivity index (χ3v) is 4.66. The van der Waals surface area contributed by atoms with Crippen molar-refractivity contribution in [1.29, 1.82) is 0 Å². The van der Waals surface area contributed by atoms with Crippen LogP contribution in [0.2, 0.25) is 0 Å². The number of amides is 1. The Morgan fingerprint density at radius 3 is 2.72 bits per heavy atom. The molecule has 0 aliphatic heterocycles. The third-order valence-electron chi connectivity index (χ3n) is 2.82. The number of nitrogens with two attached hydrogens (primary N) is 1. The molecule has 1 unspecified atom stereocenters. The van der Waals surface area contributed by atoms with Crippen LogP contribution in [0.3, 0.4) is 0 Å². The monoisotopic (exact) mass is 285 g/mol. The number of rotatable bonds is 5. The molecule has 0 aromatic carbocycles. The smallest absolute Gasteiger partial charge is 0.233 e. The van der Waals surface area contributed by atoms with Gasteiger partial charge in [0, 0.05) is 11.1 Å². The number of aryl methyl sites for hydroxylation is 1. The highest BCUT2D eigenvalue weighted by Gasteiger charge is 2.32. The van der Waals surface area contributed by atoms with Gasteiger partial charge in [0.2, 0.25) is 5.91 Å². The number of carbonyl (C=O) groups is 1. The summed E-state index contributed by atoms with van der Waals surface area (Å²) in [5, 5.41) is 3.80. The quantitative estimate of drug-likeness (QED) is 0.814. The highest BCUT2D eigenvalue weighted by molar-refractivity contribution is 7.80. The van der Waals surface area contributed by atoms with Crippen molar-refractivity contribution < 1.29 is 4.79 Å². The van der Waals surface area contributed by atoms with Gasteiger partial charge in [0.15, 0.2) is 0 Å². The Morgan fingerprint density at radius 2 is 2.28 bits per heavy atom. The molecule has 0 radical (unpaired) electrons. The predicted octanol–water partition coefficient (Wildman–Crippen LogP) is 2.20.